The minimum absolute atomic E-state index is 0.199. The molecule has 0 aliphatic carbocycles. The summed E-state index contributed by atoms with van der Waals surface area (Å²) in [7, 11) is 0. The van der Waals surface area contributed by atoms with Crippen molar-refractivity contribution in [3.63, 3.8) is 0 Å². The summed E-state index contributed by atoms with van der Waals surface area (Å²) in [5.74, 6) is -0.453. The van der Waals surface area contributed by atoms with E-state index in [0.717, 1.165) is 59.3 Å². The summed E-state index contributed by atoms with van der Waals surface area (Å²) >= 11 is 0. The SMILES string of the molecule is CCCCCCCCn1c(C)c(C2(c3ccc(N(CC)CC)cc3C)OC(=O)c3ccccc32)c2ccccc21.O=C1OCc2ccccc21. The molecule has 7 rings (SSSR count). The van der Waals surface area contributed by atoms with Gasteiger partial charge in [-0.3, -0.25) is 0 Å². The van der Waals surface area contributed by atoms with E-state index in [1.807, 2.05) is 36.4 Å². The number of nitrogens with zero attached hydrogens (tertiary/aromatic N) is 2. The summed E-state index contributed by atoms with van der Waals surface area (Å²) < 4.78 is 13.9. The lowest BCUT2D eigenvalue weighted by atomic mass is 9.77. The predicted octanol–water partition coefficient (Wildman–Crippen LogP) is 10.3. The fourth-order valence-electron chi connectivity index (χ4n) is 7.85. The number of cyclic esters (lactones) is 2. The van der Waals surface area contributed by atoms with Crippen LogP contribution in [0.5, 0.6) is 0 Å². The fraction of sp³-hybridized carbons (Fsp3) is 0.364. The molecule has 4 aromatic carbocycles. The van der Waals surface area contributed by atoms with E-state index in [0.29, 0.717) is 17.7 Å². The van der Waals surface area contributed by atoms with E-state index in [9.17, 15) is 9.59 Å². The average Bonchev–Trinajstić information content (AvgIpc) is 3.76. The molecule has 2 aliphatic heterocycles. The van der Waals surface area contributed by atoms with E-state index < -0.39 is 5.60 Å². The highest BCUT2D eigenvalue weighted by molar-refractivity contribution is 5.99. The van der Waals surface area contributed by atoms with Crippen molar-refractivity contribution in [1.82, 2.24) is 4.57 Å². The zero-order valence-electron chi connectivity index (χ0n) is 30.3. The number of benzene rings is 4. The van der Waals surface area contributed by atoms with Gasteiger partial charge in [0.25, 0.3) is 0 Å². The molecule has 0 spiro atoms. The van der Waals surface area contributed by atoms with Crippen molar-refractivity contribution < 1.29 is 19.1 Å². The van der Waals surface area contributed by atoms with Gasteiger partial charge in [-0.15, -0.1) is 0 Å². The molecular weight excluding hydrogens is 620 g/mol. The number of aromatic nitrogens is 1. The molecule has 260 valence electrons. The molecule has 6 heteroatoms. The first-order valence-corrected chi connectivity index (χ1v) is 18.4. The van der Waals surface area contributed by atoms with Crippen molar-refractivity contribution in [3.8, 4) is 0 Å². The van der Waals surface area contributed by atoms with Crippen molar-refractivity contribution >= 4 is 28.5 Å². The molecule has 6 nitrogen and oxygen atoms in total. The van der Waals surface area contributed by atoms with Crippen LogP contribution >= 0.6 is 0 Å². The van der Waals surface area contributed by atoms with Crippen LogP contribution in [0.3, 0.4) is 0 Å². The van der Waals surface area contributed by atoms with Gasteiger partial charge >= 0.3 is 11.9 Å². The molecule has 0 bridgehead atoms. The number of esters is 2. The Balaban J connectivity index is 0.000000367. The van der Waals surface area contributed by atoms with Gasteiger partial charge in [-0.25, -0.2) is 9.59 Å². The quantitative estimate of drug-likeness (QED) is 0.0977. The van der Waals surface area contributed by atoms with Crippen LogP contribution in [0.2, 0.25) is 0 Å². The Bertz CT molecular complexity index is 1990. The van der Waals surface area contributed by atoms with E-state index in [1.54, 1.807) is 6.07 Å². The Hall–Kier alpha value is -4.84. The topological polar surface area (TPSA) is 60.8 Å². The molecule has 0 radical (unpaired) electrons. The van der Waals surface area contributed by atoms with Crippen molar-refractivity contribution in [2.24, 2.45) is 0 Å². The maximum absolute atomic E-state index is 13.5. The molecule has 1 aromatic heterocycles. The van der Waals surface area contributed by atoms with E-state index >= 15 is 0 Å². The van der Waals surface area contributed by atoms with Gasteiger partial charge in [0.2, 0.25) is 0 Å². The summed E-state index contributed by atoms with van der Waals surface area (Å²) in [6.07, 6.45) is 7.55. The lowest BCUT2D eigenvalue weighted by molar-refractivity contribution is 0.0251. The molecule has 50 heavy (non-hydrogen) atoms. The third-order valence-electron chi connectivity index (χ3n) is 10.4. The minimum atomic E-state index is -1.00. The molecule has 0 fully saturated rings. The summed E-state index contributed by atoms with van der Waals surface area (Å²) in [4.78, 5) is 26.7. The van der Waals surface area contributed by atoms with Crippen LogP contribution in [0.4, 0.5) is 5.69 Å². The van der Waals surface area contributed by atoms with Crippen LogP contribution in [0.15, 0.2) is 91.0 Å². The van der Waals surface area contributed by atoms with Crippen LogP contribution in [0, 0.1) is 13.8 Å². The molecular formula is C44H50N2O4. The fourth-order valence-corrected chi connectivity index (χ4v) is 7.85. The Labute approximate surface area is 297 Å². The van der Waals surface area contributed by atoms with Gasteiger partial charge < -0.3 is 18.9 Å². The zero-order chi connectivity index (χ0) is 35.3. The number of hydrogen-bond donors (Lipinski definition) is 0. The van der Waals surface area contributed by atoms with Gasteiger partial charge in [0, 0.05) is 64.2 Å². The number of rotatable bonds is 12. The lowest BCUT2D eigenvalue weighted by Crippen LogP contribution is -2.32. The van der Waals surface area contributed by atoms with Crippen LogP contribution in [0.25, 0.3) is 10.9 Å². The van der Waals surface area contributed by atoms with Crippen LogP contribution < -0.4 is 4.90 Å². The normalized spacial score (nSPS) is 16.0. The molecule has 0 N–H and O–H groups in total. The van der Waals surface area contributed by atoms with Gasteiger partial charge in [0.1, 0.15) is 6.61 Å². The van der Waals surface area contributed by atoms with Crippen molar-refractivity contribution in [2.75, 3.05) is 18.0 Å². The van der Waals surface area contributed by atoms with Gasteiger partial charge in [0.15, 0.2) is 5.60 Å². The number of unbranched alkanes of at least 4 members (excludes halogenated alkanes) is 5. The van der Waals surface area contributed by atoms with Crippen LogP contribution in [-0.4, -0.2) is 29.6 Å². The third-order valence-corrected chi connectivity index (χ3v) is 10.4. The number of carbonyl (C=O) groups excluding carboxylic acids is 2. The molecule has 0 saturated carbocycles. The standard InChI is InChI=1S/C36H44N2O2.C8H6O2/c1-6-9-10-11-12-17-24-38-27(5)34(30-19-14-16-21-33(30)38)36(32-20-15-13-18-29(32)35(39)40-36)31-23-22-28(25-26(31)4)37(7-2)8-3;9-8-7-4-2-1-3-6(7)5-10-8/h13-16,18-23,25H,6-12,17,24H2,1-5H3;1-4H,5H2. The Morgan fingerprint density at radius 2 is 1.40 bits per heavy atom. The predicted molar refractivity (Wildman–Crippen MR) is 202 cm³/mol. The van der Waals surface area contributed by atoms with Crippen LogP contribution in [-0.2, 0) is 28.2 Å². The second kappa shape index (κ2) is 15.4. The largest absolute Gasteiger partial charge is 0.457 e. The monoisotopic (exact) mass is 670 g/mol. The number of fused-ring (bicyclic) bond motifs is 3. The third kappa shape index (κ3) is 6.44. The van der Waals surface area contributed by atoms with Gasteiger partial charge in [0.05, 0.1) is 11.1 Å². The summed E-state index contributed by atoms with van der Waals surface area (Å²) in [5, 5.41) is 1.16. The van der Waals surface area contributed by atoms with Crippen molar-refractivity contribution in [3.05, 3.63) is 136 Å². The zero-order valence-corrected chi connectivity index (χ0v) is 30.3. The first-order chi connectivity index (χ1) is 24.3. The van der Waals surface area contributed by atoms with Crippen LogP contribution in [0.1, 0.15) is 114 Å². The Kier molecular flexibility index (Phi) is 10.8. The first-order valence-electron chi connectivity index (χ1n) is 18.4. The average molecular weight is 671 g/mol. The molecule has 5 aromatic rings. The second-order valence-electron chi connectivity index (χ2n) is 13.4. The molecule has 0 saturated heterocycles. The van der Waals surface area contributed by atoms with E-state index in [2.05, 4.69) is 92.6 Å². The summed E-state index contributed by atoms with van der Waals surface area (Å²) in [6.45, 7) is 14.3. The molecule has 3 heterocycles. The number of para-hydroxylation sites is 1. The number of carbonyl (C=O) groups is 2. The number of anilines is 1. The van der Waals surface area contributed by atoms with Gasteiger partial charge in [-0.05, 0) is 70.0 Å². The molecule has 0 amide bonds. The van der Waals surface area contributed by atoms with Crippen molar-refractivity contribution in [2.45, 2.75) is 91.9 Å². The van der Waals surface area contributed by atoms with Gasteiger partial charge in [-0.1, -0.05) is 99.7 Å². The minimum Gasteiger partial charge on any atom is -0.457 e. The lowest BCUT2D eigenvalue weighted by Gasteiger charge is -2.33. The summed E-state index contributed by atoms with van der Waals surface area (Å²) in [5.41, 5.74) is 9.12. The maximum Gasteiger partial charge on any atom is 0.340 e. The number of ether oxygens (including phenoxy) is 2. The highest BCUT2D eigenvalue weighted by Gasteiger charge is 2.51. The summed E-state index contributed by atoms with van der Waals surface area (Å²) in [6, 6.07) is 30.7. The second-order valence-corrected chi connectivity index (χ2v) is 13.4. The van der Waals surface area contributed by atoms with Gasteiger partial charge in [-0.2, -0.15) is 0 Å². The number of aryl methyl sites for hydroxylation is 2. The van der Waals surface area contributed by atoms with E-state index in [4.69, 9.17) is 9.47 Å². The first kappa shape index (κ1) is 35.0. The Morgan fingerprint density at radius 1 is 0.720 bits per heavy atom. The smallest absolute Gasteiger partial charge is 0.340 e. The number of hydrogen-bond acceptors (Lipinski definition) is 5. The molecule has 1 atom stereocenters. The van der Waals surface area contributed by atoms with Crippen molar-refractivity contribution in [1.29, 1.82) is 0 Å². The molecule has 2 aliphatic rings. The molecule has 1 unspecified atom stereocenters. The highest BCUT2D eigenvalue weighted by Crippen LogP contribution is 2.52. The maximum atomic E-state index is 13.5. The Morgan fingerprint density at radius 3 is 2.14 bits per heavy atom. The van der Waals surface area contributed by atoms with E-state index in [-0.39, 0.29) is 11.9 Å². The van der Waals surface area contributed by atoms with E-state index in [1.165, 1.54) is 49.0 Å². The highest BCUT2D eigenvalue weighted by atomic mass is 16.6.